The quantitative estimate of drug-likeness (QED) is 0.575. The average molecular weight is 456 g/mol. The molecule has 8 heteroatoms. The van der Waals surface area contributed by atoms with Crippen LogP contribution in [0.3, 0.4) is 0 Å². The van der Waals surface area contributed by atoms with E-state index >= 15 is 0 Å². The van der Waals surface area contributed by atoms with Crippen molar-refractivity contribution in [1.29, 1.82) is 0 Å². The highest BCUT2D eigenvalue weighted by molar-refractivity contribution is 7.99. The van der Waals surface area contributed by atoms with Crippen molar-refractivity contribution >= 4 is 35.2 Å². The van der Waals surface area contributed by atoms with E-state index in [9.17, 15) is 14.7 Å². The largest absolute Gasteiger partial charge is 0.469 e. The second kappa shape index (κ2) is 9.90. The van der Waals surface area contributed by atoms with Crippen LogP contribution in [0.25, 0.3) is 0 Å². The van der Waals surface area contributed by atoms with Gasteiger partial charge in [-0.2, -0.15) is 11.8 Å². The average Bonchev–Trinajstić information content (AvgIpc) is 3.52. The third-order valence-electron chi connectivity index (χ3n) is 5.42. The van der Waals surface area contributed by atoms with Crippen molar-refractivity contribution in [2.45, 2.75) is 56.9 Å². The summed E-state index contributed by atoms with van der Waals surface area (Å²) in [6, 6.07) is 7.26. The molecule has 1 N–H and O–H groups in total. The number of hydrogen-bond acceptors (Lipinski definition) is 6. The summed E-state index contributed by atoms with van der Waals surface area (Å²) in [6.07, 6.45) is 1.23. The van der Waals surface area contributed by atoms with Crippen LogP contribution in [-0.2, 0) is 19.1 Å². The first-order valence-corrected chi connectivity index (χ1v) is 11.8. The van der Waals surface area contributed by atoms with Gasteiger partial charge in [0.2, 0.25) is 0 Å². The molecule has 2 fully saturated rings. The van der Waals surface area contributed by atoms with E-state index in [-0.39, 0.29) is 24.4 Å². The molecule has 2 aliphatic rings. The first-order chi connectivity index (χ1) is 14.2. The Labute approximate surface area is 187 Å². The third-order valence-corrected chi connectivity index (χ3v) is 7.16. The number of carbonyl (C=O) groups excluding carboxylic acids is 2. The van der Waals surface area contributed by atoms with Crippen LogP contribution in [0.1, 0.15) is 44.7 Å². The number of methoxy groups -OCH3 is 1. The van der Waals surface area contributed by atoms with E-state index in [1.807, 2.05) is 29.2 Å². The number of morpholine rings is 1. The third kappa shape index (κ3) is 6.13. The summed E-state index contributed by atoms with van der Waals surface area (Å²) in [6.45, 7) is 3.89. The second-order valence-electron chi connectivity index (χ2n) is 8.65. The highest BCUT2D eigenvalue weighted by Crippen LogP contribution is 2.42. The minimum Gasteiger partial charge on any atom is -0.469 e. The number of esters is 1. The molecule has 3 unspecified atom stereocenters. The Morgan fingerprint density at radius 3 is 2.60 bits per heavy atom. The van der Waals surface area contributed by atoms with E-state index in [4.69, 9.17) is 21.1 Å². The van der Waals surface area contributed by atoms with Crippen molar-refractivity contribution in [3.05, 3.63) is 34.9 Å². The van der Waals surface area contributed by atoms with Gasteiger partial charge < -0.3 is 19.5 Å². The molecule has 166 valence electrons. The maximum Gasteiger partial charge on any atom is 0.308 e. The lowest BCUT2D eigenvalue weighted by Crippen LogP contribution is -2.55. The molecule has 0 spiro atoms. The monoisotopic (exact) mass is 455 g/mol. The second-order valence-corrected chi connectivity index (χ2v) is 10.1. The predicted octanol–water partition coefficient (Wildman–Crippen LogP) is 3.45. The Bertz CT molecular complexity index is 747. The number of carbonyl (C=O) groups is 2. The number of amides is 1. The summed E-state index contributed by atoms with van der Waals surface area (Å²) in [5.74, 6) is 1.11. The molecule has 0 aromatic heterocycles. The van der Waals surface area contributed by atoms with Crippen LogP contribution in [-0.4, -0.2) is 64.9 Å². The molecule has 1 saturated carbocycles. The summed E-state index contributed by atoms with van der Waals surface area (Å²) in [7, 11) is 1.31. The molecule has 30 heavy (non-hydrogen) atoms. The first kappa shape index (κ1) is 23.4. The van der Waals surface area contributed by atoms with E-state index in [2.05, 4.69) is 0 Å². The van der Waals surface area contributed by atoms with Gasteiger partial charge in [-0.3, -0.25) is 9.59 Å². The van der Waals surface area contributed by atoms with Crippen LogP contribution in [0.15, 0.2) is 24.3 Å². The molecule has 0 radical (unpaired) electrons. The van der Waals surface area contributed by atoms with Crippen molar-refractivity contribution in [2.24, 2.45) is 5.92 Å². The number of thioether (sulfide) groups is 1. The van der Waals surface area contributed by atoms with Gasteiger partial charge >= 0.3 is 5.97 Å². The van der Waals surface area contributed by atoms with Gasteiger partial charge in [0.05, 0.1) is 31.8 Å². The van der Waals surface area contributed by atoms with Gasteiger partial charge in [0, 0.05) is 22.6 Å². The van der Waals surface area contributed by atoms with Crippen LogP contribution in [0.5, 0.6) is 0 Å². The van der Waals surface area contributed by atoms with Crippen LogP contribution in [0, 0.1) is 5.92 Å². The molecule has 3 rings (SSSR count). The van der Waals surface area contributed by atoms with Gasteiger partial charge in [0.15, 0.2) is 0 Å². The summed E-state index contributed by atoms with van der Waals surface area (Å²) in [4.78, 5) is 27.2. The van der Waals surface area contributed by atoms with Gasteiger partial charge in [-0.05, 0) is 50.3 Å². The number of hydrogen-bond donors (Lipinski definition) is 1. The zero-order valence-electron chi connectivity index (χ0n) is 17.7. The molecule has 6 nitrogen and oxygen atoms in total. The molecule has 1 aliphatic heterocycles. The van der Waals surface area contributed by atoms with Crippen LogP contribution >= 0.6 is 23.4 Å². The number of aliphatic hydroxyl groups is 1. The molecular weight excluding hydrogens is 426 g/mol. The minimum absolute atomic E-state index is 0.0228. The number of ether oxygens (including phenoxy) is 2. The Kier molecular flexibility index (Phi) is 7.71. The lowest BCUT2D eigenvalue weighted by atomic mass is 9.98. The van der Waals surface area contributed by atoms with E-state index in [0.29, 0.717) is 23.3 Å². The van der Waals surface area contributed by atoms with E-state index in [0.717, 1.165) is 24.2 Å². The lowest BCUT2D eigenvalue weighted by molar-refractivity contribution is -0.169. The smallest absolute Gasteiger partial charge is 0.308 e. The zero-order chi connectivity index (χ0) is 21.9. The number of nitrogens with zero attached hydrogens (tertiary/aromatic N) is 1. The van der Waals surface area contributed by atoms with Gasteiger partial charge in [-0.15, -0.1) is 0 Å². The van der Waals surface area contributed by atoms with Crippen LogP contribution < -0.4 is 0 Å². The maximum absolute atomic E-state index is 13.5. The molecule has 1 aromatic rings. The number of benzene rings is 1. The summed E-state index contributed by atoms with van der Waals surface area (Å²) < 4.78 is 10.6. The molecule has 0 bridgehead atoms. The molecule has 1 aliphatic carbocycles. The molecule has 1 amide bonds. The van der Waals surface area contributed by atoms with Gasteiger partial charge in [-0.25, -0.2) is 0 Å². The van der Waals surface area contributed by atoms with Gasteiger partial charge in [-0.1, -0.05) is 23.7 Å². The first-order valence-electron chi connectivity index (χ1n) is 10.3. The summed E-state index contributed by atoms with van der Waals surface area (Å²) >= 11 is 7.71. The minimum atomic E-state index is -0.832. The molecule has 1 aromatic carbocycles. The highest BCUT2D eigenvalue weighted by atomic mass is 35.5. The fourth-order valence-corrected chi connectivity index (χ4v) is 5.17. The van der Waals surface area contributed by atoms with E-state index in [1.54, 1.807) is 25.6 Å². The van der Waals surface area contributed by atoms with Crippen LogP contribution in [0.2, 0.25) is 5.02 Å². The van der Waals surface area contributed by atoms with Crippen molar-refractivity contribution in [3.8, 4) is 0 Å². The lowest BCUT2D eigenvalue weighted by Gasteiger charge is -2.44. The van der Waals surface area contributed by atoms with Gasteiger partial charge in [0.1, 0.15) is 6.10 Å². The van der Waals surface area contributed by atoms with Crippen molar-refractivity contribution in [2.75, 3.05) is 25.2 Å². The maximum atomic E-state index is 13.5. The molecule has 3 atom stereocenters. The summed E-state index contributed by atoms with van der Waals surface area (Å²) in [5.41, 5.74) is 0.193. The number of halogens is 1. The molecule has 1 saturated heterocycles. The molecule has 1 heterocycles. The van der Waals surface area contributed by atoms with Gasteiger partial charge in [0.25, 0.3) is 5.91 Å². The van der Waals surface area contributed by atoms with Crippen LogP contribution in [0.4, 0.5) is 0 Å². The van der Waals surface area contributed by atoms with E-state index < -0.39 is 17.7 Å². The zero-order valence-corrected chi connectivity index (χ0v) is 19.2. The van der Waals surface area contributed by atoms with Crippen molar-refractivity contribution < 1.29 is 24.2 Å². The van der Waals surface area contributed by atoms with Crippen molar-refractivity contribution in [1.82, 2.24) is 4.90 Å². The Morgan fingerprint density at radius 2 is 2.03 bits per heavy atom. The summed E-state index contributed by atoms with van der Waals surface area (Å²) in [5, 5.41) is 10.7. The topological polar surface area (TPSA) is 76.1 Å². The number of rotatable bonds is 9. The fourth-order valence-electron chi connectivity index (χ4n) is 3.75. The SMILES string of the molecule is COC(=O)CC1OCC(c2ccc(Cl)cc2)N(C(CSCC(C)(C)O)C2CC2)C1=O. The molecular formula is C22H30ClNO5S. The van der Waals surface area contributed by atoms with E-state index in [1.165, 1.54) is 7.11 Å². The Hall–Kier alpha value is -1.28. The predicted molar refractivity (Wildman–Crippen MR) is 118 cm³/mol. The fraction of sp³-hybridized carbons (Fsp3) is 0.636. The highest BCUT2D eigenvalue weighted by Gasteiger charge is 2.46. The Balaban J connectivity index is 1.85. The Morgan fingerprint density at radius 1 is 1.37 bits per heavy atom. The van der Waals surface area contributed by atoms with Crippen molar-refractivity contribution in [3.63, 3.8) is 0 Å². The standard InChI is InChI=1S/C22H30ClNO5S/c1-22(2,27)13-30-12-18(15-4-5-15)24-17(14-6-8-16(23)9-7-14)11-29-19(21(24)26)10-20(25)28-3/h6-9,15,17-19,27H,4-5,10-13H2,1-3H3. The normalized spacial score (nSPS) is 23.4.